The number of hydrogen-bond donors (Lipinski definition) is 1. The summed E-state index contributed by atoms with van der Waals surface area (Å²) in [6.45, 7) is 0.652. The number of nitrogens with one attached hydrogen (secondary N) is 1. The first-order valence-electron chi connectivity index (χ1n) is 8.61. The monoisotopic (exact) mass is 374 g/mol. The normalized spacial score (nSPS) is 19.0. The predicted molar refractivity (Wildman–Crippen MR) is 95.7 cm³/mol. The van der Waals surface area contributed by atoms with Crippen LogP contribution in [0.4, 0.5) is 10.1 Å². The SMILES string of the molecule is O=C1CCCN1c1ccc(S(=O)(=O)NC2(c3ccccc3F)CC2)cc1. The smallest absolute Gasteiger partial charge is 0.241 e. The van der Waals surface area contributed by atoms with Crippen LogP contribution in [0.3, 0.4) is 0 Å². The van der Waals surface area contributed by atoms with Gasteiger partial charge in [-0.2, -0.15) is 0 Å². The van der Waals surface area contributed by atoms with E-state index >= 15 is 0 Å². The minimum absolute atomic E-state index is 0.0511. The number of nitrogens with zero attached hydrogens (tertiary/aromatic N) is 1. The zero-order valence-corrected chi connectivity index (χ0v) is 14.9. The van der Waals surface area contributed by atoms with E-state index in [0.29, 0.717) is 37.1 Å². The average Bonchev–Trinajstić information content (AvgIpc) is 3.25. The Bertz CT molecular complexity index is 953. The molecule has 2 aliphatic rings. The number of carbonyl (C=O) groups is 1. The Morgan fingerprint density at radius 3 is 2.31 bits per heavy atom. The maximum absolute atomic E-state index is 14.1. The maximum Gasteiger partial charge on any atom is 0.241 e. The molecular formula is C19H19FN2O3S. The Morgan fingerprint density at radius 1 is 1.04 bits per heavy atom. The van der Waals surface area contributed by atoms with Crippen LogP contribution in [0.15, 0.2) is 53.4 Å². The minimum Gasteiger partial charge on any atom is -0.312 e. The molecule has 1 saturated carbocycles. The van der Waals surface area contributed by atoms with E-state index in [1.165, 1.54) is 18.2 Å². The van der Waals surface area contributed by atoms with E-state index in [1.54, 1.807) is 35.2 Å². The number of benzene rings is 2. The van der Waals surface area contributed by atoms with Crippen molar-refractivity contribution in [2.75, 3.05) is 11.4 Å². The fourth-order valence-electron chi connectivity index (χ4n) is 3.44. The van der Waals surface area contributed by atoms with Gasteiger partial charge in [0, 0.05) is 24.2 Å². The molecule has 4 rings (SSSR count). The van der Waals surface area contributed by atoms with Crippen molar-refractivity contribution in [1.29, 1.82) is 0 Å². The summed E-state index contributed by atoms with van der Waals surface area (Å²) in [6.07, 6.45) is 2.46. The highest BCUT2D eigenvalue weighted by Crippen LogP contribution is 2.47. The van der Waals surface area contributed by atoms with Crippen molar-refractivity contribution < 1.29 is 17.6 Å². The van der Waals surface area contributed by atoms with E-state index in [4.69, 9.17) is 0 Å². The van der Waals surface area contributed by atoms with E-state index in [0.717, 1.165) is 6.42 Å². The third-order valence-electron chi connectivity index (χ3n) is 5.00. The number of rotatable bonds is 5. The zero-order valence-electron chi connectivity index (χ0n) is 14.1. The second-order valence-electron chi connectivity index (χ2n) is 6.81. The molecule has 136 valence electrons. The van der Waals surface area contributed by atoms with Crippen LogP contribution in [0, 0.1) is 5.82 Å². The van der Waals surface area contributed by atoms with E-state index in [-0.39, 0.29) is 10.8 Å². The van der Waals surface area contributed by atoms with E-state index in [2.05, 4.69) is 4.72 Å². The van der Waals surface area contributed by atoms with E-state index < -0.39 is 21.4 Å². The van der Waals surface area contributed by atoms with Gasteiger partial charge in [-0.15, -0.1) is 0 Å². The fourth-order valence-corrected chi connectivity index (χ4v) is 4.88. The second kappa shape index (κ2) is 6.17. The highest BCUT2D eigenvalue weighted by Gasteiger charge is 2.49. The van der Waals surface area contributed by atoms with Crippen LogP contribution in [0.1, 0.15) is 31.2 Å². The molecule has 0 spiro atoms. The Labute approximate surface area is 151 Å². The molecule has 0 atom stereocenters. The summed E-state index contributed by atoms with van der Waals surface area (Å²) in [5.41, 5.74) is 0.206. The summed E-state index contributed by atoms with van der Waals surface area (Å²) < 4.78 is 42.3. The first-order chi connectivity index (χ1) is 12.4. The Balaban J connectivity index is 1.57. The zero-order chi connectivity index (χ0) is 18.4. The van der Waals surface area contributed by atoms with Gasteiger partial charge in [-0.25, -0.2) is 17.5 Å². The second-order valence-corrected chi connectivity index (χ2v) is 8.49. The standard InChI is InChI=1S/C19H19FN2O3S/c20-17-5-2-1-4-16(17)19(11-12-19)21-26(24,25)15-9-7-14(8-10-15)22-13-3-6-18(22)23/h1-2,4-5,7-10,21H,3,6,11-13H2. The van der Waals surface area contributed by atoms with Gasteiger partial charge in [0.05, 0.1) is 10.4 Å². The molecule has 1 N–H and O–H groups in total. The van der Waals surface area contributed by atoms with E-state index in [1.807, 2.05) is 0 Å². The highest BCUT2D eigenvalue weighted by atomic mass is 32.2. The van der Waals surface area contributed by atoms with Crippen molar-refractivity contribution in [3.05, 3.63) is 59.9 Å². The number of sulfonamides is 1. The van der Waals surface area contributed by atoms with Gasteiger partial charge in [-0.05, 0) is 49.6 Å². The molecule has 1 heterocycles. The molecule has 26 heavy (non-hydrogen) atoms. The van der Waals surface area contributed by atoms with E-state index in [9.17, 15) is 17.6 Å². The number of carbonyl (C=O) groups excluding carboxylic acids is 1. The van der Waals surface area contributed by atoms with Crippen molar-refractivity contribution in [3.63, 3.8) is 0 Å². The van der Waals surface area contributed by atoms with Gasteiger partial charge in [0.25, 0.3) is 0 Å². The molecule has 1 saturated heterocycles. The van der Waals surface area contributed by atoms with Crippen molar-refractivity contribution in [2.24, 2.45) is 0 Å². The Morgan fingerprint density at radius 2 is 1.73 bits per heavy atom. The molecule has 0 bridgehead atoms. The van der Waals surface area contributed by atoms with Crippen LogP contribution in [-0.2, 0) is 20.4 Å². The summed E-state index contributed by atoms with van der Waals surface area (Å²) in [4.78, 5) is 13.6. The Hall–Kier alpha value is -2.25. The summed E-state index contributed by atoms with van der Waals surface area (Å²) in [6, 6.07) is 12.5. The molecule has 0 aromatic heterocycles. The topological polar surface area (TPSA) is 66.5 Å². The number of amides is 1. The number of halogens is 1. The summed E-state index contributed by atoms with van der Waals surface area (Å²) in [7, 11) is -3.79. The molecule has 2 aromatic carbocycles. The fraction of sp³-hybridized carbons (Fsp3) is 0.316. The molecule has 2 aromatic rings. The predicted octanol–water partition coefficient (Wildman–Crippen LogP) is 2.92. The van der Waals surface area contributed by atoms with Gasteiger partial charge in [0.15, 0.2) is 0 Å². The lowest BCUT2D eigenvalue weighted by atomic mass is 10.1. The Kier molecular flexibility index (Phi) is 4.08. The highest BCUT2D eigenvalue weighted by molar-refractivity contribution is 7.89. The molecule has 1 aliphatic heterocycles. The summed E-state index contributed by atoms with van der Waals surface area (Å²) in [5.74, 6) is -0.356. The van der Waals surface area contributed by atoms with Crippen LogP contribution in [-0.4, -0.2) is 20.9 Å². The molecule has 2 fully saturated rings. The molecule has 0 unspecified atom stereocenters. The number of hydrogen-bond acceptors (Lipinski definition) is 3. The molecule has 0 radical (unpaired) electrons. The van der Waals surface area contributed by atoms with Crippen LogP contribution in [0.25, 0.3) is 0 Å². The molecular weight excluding hydrogens is 355 g/mol. The maximum atomic E-state index is 14.1. The molecule has 1 aliphatic carbocycles. The van der Waals surface area contributed by atoms with Gasteiger partial charge >= 0.3 is 0 Å². The van der Waals surface area contributed by atoms with Crippen molar-refractivity contribution in [2.45, 2.75) is 36.1 Å². The molecule has 1 amide bonds. The first-order valence-corrected chi connectivity index (χ1v) is 10.1. The van der Waals surface area contributed by atoms with Gasteiger partial charge in [-0.1, -0.05) is 18.2 Å². The lowest BCUT2D eigenvalue weighted by Crippen LogP contribution is -2.35. The van der Waals surface area contributed by atoms with Crippen molar-refractivity contribution >= 4 is 21.6 Å². The van der Waals surface area contributed by atoms with Crippen LogP contribution < -0.4 is 9.62 Å². The number of anilines is 1. The minimum atomic E-state index is -3.79. The third kappa shape index (κ3) is 3.01. The average molecular weight is 374 g/mol. The van der Waals surface area contributed by atoms with Crippen molar-refractivity contribution in [1.82, 2.24) is 4.72 Å². The molecule has 5 nitrogen and oxygen atoms in total. The molecule has 7 heteroatoms. The van der Waals surface area contributed by atoms with Crippen LogP contribution in [0.2, 0.25) is 0 Å². The van der Waals surface area contributed by atoms with Crippen LogP contribution >= 0.6 is 0 Å². The van der Waals surface area contributed by atoms with Gasteiger partial charge in [0.2, 0.25) is 15.9 Å². The largest absolute Gasteiger partial charge is 0.312 e. The van der Waals surface area contributed by atoms with Crippen molar-refractivity contribution in [3.8, 4) is 0 Å². The van der Waals surface area contributed by atoms with Gasteiger partial charge in [-0.3, -0.25) is 4.79 Å². The summed E-state index contributed by atoms with van der Waals surface area (Å²) >= 11 is 0. The lowest BCUT2D eigenvalue weighted by molar-refractivity contribution is -0.117. The first kappa shape index (κ1) is 17.2. The van der Waals surface area contributed by atoms with Crippen LogP contribution in [0.5, 0.6) is 0 Å². The van der Waals surface area contributed by atoms with Gasteiger partial charge in [0.1, 0.15) is 5.82 Å². The lowest BCUT2D eigenvalue weighted by Gasteiger charge is -2.19. The third-order valence-corrected chi connectivity index (χ3v) is 6.55. The summed E-state index contributed by atoms with van der Waals surface area (Å²) in [5, 5.41) is 0. The van der Waals surface area contributed by atoms with Gasteiger partial charge < -0.3 is 4.90 Å². The quantitative estimate of drug-likeness (QED) is 0.875.